The van der Waals surface area contributed by atoms with E-state index in [-0.39, 0.29) is 0 Å². The third kappa shape index (κ3) is 4.73. The summed E-state index contributed by atoms with van der Waals surface area (Å²) >= 11 is 0. The van der Waals surface area contributed by atoms with Crippen molar-refractivity contribution in [1.29, 1.82) is 0 Å². The van der Waals surface area contributed by atoms with Crippen molar-refractivity contribution in [2.24, 2.45) is 0 Å². The van der Waals surface area contributed by atoms with Gasteiger partial charge in [0.15, 0.2) is 0 Å². The monoisotopic (exact) mass is 970 g/mol. The molecule has 352 valence electrons. The molecule has 0 unspecified atom stereocenters. The van der Waals surface area contributed by atoms with Gasteiger partial charge >= 0.3 is 0 Å². The first kappa shape index (κ1) is 40.4. The maximum absolute atomic E-state index is 2.55. The number of rotatable bonds is 3. The maximum Gasteiger partial charge on any atom is 0.0725 e. The van der Waals surface area contributed by atoms with E-state index < -0.39 is 5.41 Å². The number of hydrogen-bond donors (Lipinski definition) is 0. The number of benzene rings is 13. The number of nitrogens with zero attached hydrogens (tertiary/aromatic N) is 2. The first-order valence-electron chi connectivity index (χ1n) is 27.0. The fraction of sp³-hybridized carbons (Fsp3) is 0.0133. The van der Waals surface area contributed by atoms with Crippen molar-refractivity contribution in [3.63, 3.8) is 0 Å². The summed E-state index contributed by atoms with van der Waals surface area (Å²) in [6, 6.07) is 97.0. The molecule has 0 saturated heterocycles. The van der Waals surface area contributed by atoms with Crippen LogP contribution in [0.25, 0.3) is 153 Å². The van der Waals surface area contributed by atoms with Gasteiger partial charge in [0.25, 0.3) is 0 Å². The minimum atomic E-state index is -0.468. The van der Waals surface area contributed by atoms with Crippen molar-refractivity contribution in [2.75, 3.05) is 0 Å². The van der Waals surface area contributed by atoms with Gasteiger partial charge in [0.05, 0.1) is 38.5 Å². The van der Waals surface area contributed by atoms with Crippen LogP contribution in [0, 0.1) is 0 Å². The number of para-hydroxylation sites is 4. The lowest BCUT2D eigenvalue weighted by atomic mass is 9.70. The SMILES string of the molecule is c1ccc2c(c1)-c1ccccc1C21c2ccccc2-c2c(-c3c4cccc(-c5cccc6c5c5cccc7c8ccccc8n6c75)c4cc4c(-c5cccc6c5c5cccc7c8ccccc8n6c75)cccc34)cccc21. The van der Waals surface area contributed by atoms with Crippen molar-refractivity contribution in [3.8, 4) is 55.6 Å². The van der Waals surface area contributed by atoms with Crippen molar-refractivity contribution in [1.82, 2.24) is 8.80 Å². The molecule has 0 N–H and O–H groups in total. The standard InChI is InChI=1S/C75H42N2/c1-6-34-61-45(18-1)46-19-2-7-35-62(46)75(61)63-36-8-3-22-55(63)70-56(31-15-37-64(70)75)69-51-25-11-23-43(49-27-16-40-67-71(49)57-32-13-29-53-47-20-4-9-38-65(47)76(67)73(53)57)59(51)42-60-44(24-12-26-52(60)69)50-28-17-41-68-72(50)58-33-14-30-54-48-21-5-10-39-66(48)77(68)74(54)58/h1-42H. The molecule has 13 aromatic carbocycles. The fourth-order valence-corrected chi connectivity index (χ4v) is 15.7. The molecule has 0 atom stereocenters. The quantitative estimate of drug-likeness (QED) is 0.156. The lowest BCUT2D eigenvalue weighted by molar-refractivity contribution is 0.794. The topological polar surface area (TPSA) is 8.82 Å². The second-order valence-electron chi connectivity index (χ2n) is 21.7. The third-order valence-electron chi connectivity index (χ3n) is 18.4. The van der Waals surface area contributed by atoms with Gasteiger partial charge < -0.3 is 8.80 Å². The number of fused-ring (bicyclic) bond motifs is 24. The summed E-state index contributed by atoms with van der Waals surface area (Å²) in [5.74, 6) is 0. The largest absolute Gasteiger partial charge is 0.308 e. The highest BCUT2D eigenvalue weighted by molar-refractivity contribution is 6.30. The first-order chi connectivity index (χ1) is 38.3. The average molecular weight is 971 g/mol. The molecule has 2 aliphatic carbocycles. The summed E-state index contributed by atoms with van der Waals surface area (Å²) in [6.45, 7) is 0. The summed E-state index contributed by atoms with van der Waals surface area (Å²) in [7, 11) is 0. The Balaban J connectivity index is 0.969. The summed E-state index contributed by atoms with van der Waals surface area (Å²) in [6.07, 6.45) is 0. The first-order valence-corrected chi connectivity index (χ1v) is 27.0. The van der Waals surface area contributed by atoms with E-state index in [4.69, 9.17) is 0 Å². The van der Waals surface area contributed by atoms with Crippen molar-refractivity contribution in [3.05, 3.63) is 277 Å². The highest BCUT2D eigenvalue weighted by Gasteiger charge is 2.52. The normalized spacial score (nSPS) is 13.6. The fourth-order valence-electron chi connectivity index (χ4n) is 15.7. The summed E-state index contributed by atoms with van der Waals surface area (Å²) in [5, 5.41) is 15.3. The Hall–Kier alpha value is -10.0. The Morgan fingerprint density at radius 1 is 0.208 bits per heavy atom. The zero-order chi connectivity index (χ0) is 49.8. The van der Waals surface area contributed by atoms with Gasteiger partial charge in [-0.2, -0.15) is 0 Å². The number of aromatic nitrogens is 2. The van der Waals surface area contributed by atoms with E-state index in [0.29, 0.717) is 0 Å². The van der Waals surface area contributed by atoms with Crippen LogP contribution < -0.4 is 0 Å². The molecule has 19 rings (SSSR count). The smallest absolute Gasteiger partial charge is 0.0725 e. The van der Waals surface area contributed by atoms with Crippen LogP contribution in [-0.4, -0.2) is 8.80 Å². The zero-order valence-corrected chi connectivity index (χ0v) is 41.6. The molecule has 0 fully saturated rings. The van der Waals surface area contributed by atoms with Gasteiger partial charge in [0, 0.05) is 43.1 Å². The van der Waals surface area contributed by atoms with Gasteiger partial charge in [0.1, 0.15) is 0 Å². The van der Waals surface area contributed by atoms with Crippen molar-refractivity contribution >= 4 is 97.7 Å². The van der Waals surface area contributed by atoms with Crippen LogP contribution in [0.1, 0.15) is 22.3 Å². The minimum absolute atomic E-state index is 0.468. The lowest BCUT2D eigenvalue weighted by Crippen LogP contribution is -2.25. The number of hydrogen-bond acceptors (Lipinski definition) is 0. The molecule has 0 saturated carbocycles. The second-order valence-corrected chi connectivity index (χ2v) is 21.7. The van der Waals surface area contributed by atoms with E-state index in [2.05, 4.69) is 264 Å². The Morgan fingerprint density at radius 2 is 0.558 bits per heavy atom. The van der Waals surface area contributed by atoms with E-state index >= 15 is 0 Å². The van der Waals surface area contributed by atoms with Crippen LogP contribution in [0.15, 0.2) is 255 Å². The lowest BCUT2D eigenvalue weighted by Gasteiger charge is -2.30. The Kier molecular flexibility index (Phi) is 7.46. The summed E-state index contributed by atoms with van der Waals surface area (Å²) in [4.78, 5) is 0. The maximum atomic E-state index is 2.55. The summed E-state index contributed by atoms with van der Waals surface area (Å²) in [5.41, 5.74) is 25.2. The second kappa shape index (κ2) is 14.2. The van der Waals surface area contributed by atoms with Gasteiger partial charge in [0.2, 0.25) is 0 Å². The van der Waals surface area contributed by atoms with Crippen molar-refractivity contribution in [2.45, 2.75) is 5.41 Å². The van der Waals surface area contributed by atoms with Crippen LogP contribution in [0.3, 0.4) is 0 Å². The van der Waals surface area contributed by atoms with E-state index in [0.717, 1.165) is 0 Å². The predicted molar refractivity (Wildman–Crippen MR) is 323 cm³/mol. The van der Waals surface area contributed by atoms with Gasteiger partial charge in [-0.15, -0.1) is 0 Å². The Bertz CT molecular complexity index is 5180. The van der Waals surface area contributed by atoms with Crippen LogP contribution in [0.2, 0.25) is 0 Å². The highest BCUT2D eigenvalue weighted by Crippen LogP contribution is 2.64. The molecule has 2 aliphatic rings. The molecule has 2 heteroatoms. The van der Waals surface area contributed by atoms with Crippen LogP contribution >= 0.6 is 0 Å². The average Bonchev–Trinajstić information content (AvgIpc) is 4.52. The molecule has 0 aliphatic heterocycles. The molecule has 4 aromatic heterocycles. The molecule has 0 amide bonds. The molecular formula is C75H42N2. The molecule has 2 nitrogen and oxygen atoms in total. The summed E-state index contributed by atoms with van der Waals surface area (Å²) < 4.78 is 5.02. The molecule has 4 heterocycles. The third-order valence-corrected chi connectivity index (χ3v) is 18.4. The minimum Gasteiger partial charge on any atom is -0.308 e. The molecule has 17 aromatic rings. The van der Waals surface area contributed by atoms with Gasteiger partial charge in [-0.3, -0.25) is 0 Å². The Morgan fingerprint density at radius 3 is 1.12 bits per heavy atom. The van der Waals surface area contributed by atoms with Gasteiger partial charge in [-0.25, -0.2) is 0 Å². The highest BCUT2D eigenvalue weighted by atomic mass is 14.9. The Labute approximate surface area is 442 Å². The van der Waals surface area contributed by atoms with Gasteiger partial charge in [-0.1, -0.05) is 224 Å². The van der Waals surface area contributed by atoms with Crippen LogP contribution in [0.5, 0.6) is 0 Å². The van der Waals surface area contributed by atoms with Crippen LogP contribution in [-0.2, 0) is 5.41 Å². The predicted octanol–water partition coefficient (Wildman–Crippen LogP) is 19.6. The molecule has 0 radical (unpaired) electrons. The molecular weight excluding hydrogens is 929 g/mol. The molecule has 77 heavy (non-hydrogen) atoms. The van der Waals surface area contributed by atoms with Crippen LogP contribution in [0.4, 0.5) is 0 Å². The van der Waals surface area contributed by atoms with E-state index in [1.54, 1.807) is 0 Å². The van der Waals surface area contributed by atoms with E-state index in [1.165, 1.54) is 176 Å². The molecule has 0 bridgehead atoms. The van der Waals surface area contributed by atoms with E-state index in [1.807, 2.05) is 0 Å². The van der Waals surface area contributed by atoms with E-state index in [9.17, 15) is 0 Å². The van der Waals surface area contributed by atoms with Gasteiger partial charge in [-0.05, 0) is 130 Å². The van der Waals surface area contributed by atoms with Crippen molar-refractivity contribution < 1.29 is 0 Å². The zero-order valence-electron chi connectivity index (χ0n) is 41.6. The molecule has 1 spiro atoms.